The number of non-ortho nitro benzene ring substituents is 1. The van der Waals surface area contributed by atoms with E-state index in [1.807, 2.05) is 0 Å². The summed E-state index contributed by atoms with van der Waals surface area (Å²) in [5.41, 5.74) is 3.82. The quantitative estimate of drug-likeness (QED) is 0.268. The van der Waals surface area contributed by atoms with Gasteiger partial charge in [-0.1, -0.05) is 15.9 Å². The summed E-state index contributed by atoms with van der Waals surface area (Å²) in [5.74, 6) is 0.202. The molecule has 2 N–H and O–H groups in total. The van der Waals surface area contributed by atoms with Crippen molar-refractivity contribution in [3.8, 4) is 17.2 Å². The fourth-order valence-electron chi connectivity index (χ4n) is 2.68. The number of nitro benzene ring substituents is 1. The van der Waals surface area contributed by atoms with Crippen LogP contribution >= 0.6 is 15.9 Å². The predicted octanol–water partition coefficient (Wildman–Crippen LogP) is 4.41. The predicted molar refractivity (Wildman–Crippen MR) is 121 cm³/mol. The Hall–Kier alpha value is -3.92. The highest BCUT2D eigenvalue weighted by Crippen LogP contribution is 2.28. The molecule has 0 heterocycles. The lowest BCUT2D eigenvalue weighted by Crippen LogP contribution is -2.17. The standard InChI is InChI=1S/C22H18BrN3O6/c1-31-20-9-4-15(12-24-25-22(28)18-11-16(23)5-8-19(18)27)10-21(20)32-13-14-2-6-17(7-3-14)26(29)30/h2-12,27H,13H2,1H3,(H,25,28)/b24-12-. The number of phenolic OH excluding ortho intramolecular Hbond substituents is 1. The van der Waals surface area contributed by atoms with Gasteiger partial charge in [0.15, 0.2) is 11.5 Å². The number of ether oxygens (including phenoxy) is 2. The highest BCUT2D eigenvalue weighted by molar-refractivity contribution is 9.10. The van der Waals surface area contributed by atoms with Crippen molar-refractivity contribution in [1.29, 1.82) is 0 Å². The minimum absolute atomic E-state index is 0.00256. The molecule has 3 rings (SSSR count). The molecule has 0 radical (unpaired) electrons. The third-order valence-electron chi connectivity index (χ3n) is 4.31. The van der Waals surface area contributed by atoms with E-state index in [0.29, 0.717) is 21.5 Å². The molecule has 0 saturated heterocycles. The monoisotopic (exact) mass is 499 g/mol. The van der Waals surface area contributed by atoms with Crippen molar-refractivity contribution in [2.24, 2.45) is 5.10 Å². The lowest BCUT2D eigenvalue weighted by molar-refractivity contribution is -0.384. The molecule has 0 spiro atoms. The van der Waals surface area contributed by atoms with Crippen molar-refractivity contribution in [2.75, 3.05) is 7.11 Å². The number of hydrogen-bond donors (Lipinski definition) is 2. The molecule has 0 aromatic heterocycles. The summed E-state index contributed by atoms with van der Waals surface area (Å²) in [4.78, 5) is 22.5. The number of amides is 1. The van der Waals surface area contributed by atoms with Gasteiger partial charge in [-0.15, -0.1) is 0 Å². The fourth-order valence-corrected chi connectivity index (χ4v) is 3.04. The molecule has 0 aliphatic heterocycles. The van der Waals surface area contributed by atoms with Crippen LogP contribution < -0.4 is 14.9 Å². The van der Waals surface area contributed by atoms with E-state index in [1.54, 1.807) is 36.4 Å². The number of methoxy groups -OCH3 is 1. The Balaban J connectivity index is 1.67. The van der Waals surface area contributed by atoms with Crippen molar-refractivity contribution in [1.82, 2.24) is 5.43 Å². The third-order valence-corrected chi connectivity index (χ3v) is 4.81. The first-order valence-corrected chi connectivity index (χ1v) is 10.0. The summed E-state index contributed by atoms with van der Waals surface area (Å²) >= 11 is 3.25. The number of nitrogens with one attached hydrogen (secondary N) is 1. The van der Waals surface area contributed by atoms with Crippen LogP contribution in [0.1, 0.15) is 21.5 Å². The number of hydrogen-bond acceptors (Lipinski definition) is 7. The zero-order chi connectivity index (χ0) is 23.1. The molecule has 3 aromatic rings. The van der Waals surface area contributed by atoms with Gasteiger partial charge >= 0.3 is 0 Å². The third kappa shape index (κ3) is 5.82. The van der Waals surface area contributed by atoms with Gasteiger partial charge in [0.1, 0.15) is 12.4 Å². The molecule has 0 bridgehead atoms. The maximum absolute atomic E-state index is 12.2. The van der Waals surface area contributed by atoms with Gasteiger partial charge in [-0.05, 0) is 59.7 Å². The van der Waals surface area contributed by atoms with Crippen LogP contribution in [0.25, 0.3) is 0 Å². The van der Waals surface area contributed by atoms with Gasteiger partial charge in [-0.25, -0.2) is 5.43 Å². The minimum Gasteiger partial charge on any atom is -0.507 e. The Morgan fingerprint density at radius 3 is 2.59 bits per heavy atom. The van der Waals surface area contributed by atoms with Crippen LogP contribution in [0.5, 0.6) is 17.2 Å². The molecule has 164 valence electrons. The van der Waals surface area contributed by atoms with Gasteiger partial charge in [0.25, 0.3) is 11.6 Å². The van der Waals surface area contributed by atoms with Gasteiger partial charge in [0, 0.05) is 16.6 Å². The van der Waals surface area contributed by atoms with Gasteiger partial charge < -0.3 is 14.6 Å². The molecule has 0 saturated carbocycles. The summed E-state index contributed by atoms with van der Waals surface area (Å²) in [5, 5.41) is 24.5. The van der Waals surface area contributed by atoms with Gasteiger partial charge in [0.2, 0.25) is 0 Å². The number of nitrogens with zero attached hydrogens (tertiary/aromatic N) is 2. The minimum atomic E-state index is -0.566. The summed E-state index contributed by atoms with van der Waals surface area (Å²) in [7, 11) is 1.51. The second kappa shape index (κ2) is 10.4. The average Bonchev–Trinajstić information content (AvgIpc) is 2.79. The number of hydrazone groups is 1. The molecule has 0 unspecified atom stereocenters. The molecular formula is C22H18BrN3O6. The largest absolute Gasteiger partial charge is 0.507 e. The van der Waals surface area contributed by atoms with Gasteiger partial charge in [0.05, 0.1) is 23.8 Å². The molecule has 0 atom stereocenters. The summed E-state index contributed by atoms with van der Waals surface area (Å²) < 4.78 is 11.7. The van der Waals surface area contributed by atoms with Crippen LogP contribution in [-0.4, -0.2) is 29.3 Å². The van der Waals surface area contributed by atoms with Gasteiger partial charge in [-0.3, -0.25) is 14.9 Å². The SMILES string of the molecule is COc1ccc(/C=N\NC(=O)c2cc(Br)ccc2O)cc1OCc1ccc([N+](=O)[O-])cc1. The van der Waals surface area contributed by atoms with E-state index < -0.39 is 10.8 Å². The van der Waals surface area contributed by atoms with Gasteiger partial charge in [-0.2, -0.15) is 5.10 Å². The first-order chi connectivity index (χ1) is 15.4. The molecule has 0 aliphatic carbocycles. The van der Waals surface area contributed by atoms with E-state index in [4.69, 9.17) is 9.47 Å². The Kier molecular flexibility index (Phi) is 7.40. The highest BCUT2D eigenvalue weighted by atomic mass is 79.9. The smallest absolute Gasteiger partial charge is 0.275 e. The number of phenols is 1. The number of aromatic hydroxyl groups is 1. The van der Waals surface area contributed by atoms with Crippen LogP contribution in [-0.2, 0) is 6.61 Å². The van der Waals surface area contributed by atoms with E-state index in [1.165, 1.54) is 37.6 Å². The number of benzene rings is 3. The number of carbonyl (C=O) groups is 1. The summed E-state index contributed by atoms with van der Waals surface area (Å²) in [6, 6.07) is 15.6. The van der Waals surface area contributed by atoms with Crippen LogP contribution in [0.4, 0.5) is 5.69 Å². The number of halogens is 1. The Morgan fingerprint density at radius 1 is 1.16 bits per heavy atom. The topological polar surface area (TPSA) is 123 Å². The molecule has 10 heteroatoms. The van der Waals surface area contributed by atoms with Crippen molar-refractivity contribution in [3.05, 3.63) is 91.9 Å². The Morgan fingerprint density at radius 2 is 1.91 bits per heavy atom. The summed E-state index contributed by atoms with van der Waals surface area (Å²) in [6.07, 6.45) is 1.42. The molecule has 32 heavy (non-hydrogen) atoms. The normalized spacial score (nSPS) is 10.7. The average molecular weight is 500 g/mol. The van der Waals surface area contributed by atoms with Crippen molar-refractivity contribution in [3.63, 3.8) is 0 Å². The van der Waals surface area contributed by atoms with E-state index in [9.17, 15) is 20.0 Å². The molecule has 3 aromatic carbocycles. The van der Waals surface area contributed by atoms with E-state index in [0.717, 1.165) is 5.56 Å². The number of nitro groups is 1. The first kappa shape index (κ1) is 22.8. The van der Waals surface area contributed by atoms with Crippen LogP contribution in [0.15, 0.2) is 70.2 Å². The van der Waals surface area contributed by atoms with Crippen LogP contribution in [0, 0.1) is 10.1 Å². The zero-order valence-electron chi connectivity index (χ0n) is 16.8. The molecule has 1 amide bonds. The molecule has 0 aliphatic rings. The van der Waals surface area contributed by atoms with E-state index in [2.05, 4.69) is 26.5 Å². The second-order valence-corrected chi connectivity index (χ2v) is 7.40. The van der Waals surface area contributed by atoms with Crippen molar-refractivity contribution >= 4 is 33.7 Å². The maximum Gasteiger partial charge on any atom is 0.275 e. The van der Waals surface area contributed by atoms with Crippen molar-refractivity contribution in [2.45, 2.75) is 6.61 Å². The second-order valence-electron chi connectivity index (χ2n) is 6.48. The van der Waals surface area contributed by atoms with Crippen LogP contribution in [0.2, 0.25) is 0 Å². The van der Waals surface area contributed by atoms with E-state index >= 15 is 0 Å². The lowest BCUT2D eigenvalue weighted by Gasteiger charge is -2.11. The molecular weight excluding hydrogens is 482 g/mol. The van der Waals surface area contributed by atoms with Crippen LogP contribution in [0.3, 0.4) is 0 Å². The lowest BCUT2D eigenvalue weighted by atomic mass is 10.2. The zero-order valence-corrected chi connectivity index (χ0v) is 18.4. The summed E-state index contributed by atoms with van der Waals surface area (Å²) in [6.45, 7) is 0.174. The van der Waals surface area contributed by atoms with E-state index in [-0.39, 0.29) is 23.6 Å². The first-order valence-electron chi connectivity index (χ1n) is 9.23. The highest BCUT2D eigenvalue weighted by Gasteiger charge is 2.11. The molecule has 0 fully saturated rings. The Labute approximate surface area is 191 Å². The Bertz CT molecular complexity index is 1160. The number of carbonyl (C=O) groups excluding carboxylic acids is 1. The van der Waals surface area contributed by atoms with Crippen molar-refractivity contribution < 1.29 is 24.3 Å². The fraction of sp³-hybridized carbons (Fsp3) is 0.0909. The molecule has 9 nitrogen and oxygen atoms in total. The number of rotatable bonds is 8. The maximum atomic E-state index is 12.2.